The highest BCUT2D eigenvalue weighted by molar-refractivity contribution is 6.35. The van der Waals surface area contributed by atoms with Crippen LogP contribution in [0.1, 0.15) is 17.7 Å². The van der Waals surface area contributed by atoms with Crippen LogP contribution >= 0.6 is 11.6 Å². The van der Waals surface area contributed by atoms with Crippen LogP contribution in [0, 0.1) is 6.92 Å². The molecule has 0 fully saturated rings. The molecule has 0 radical (unpaired) electrons. The number of rotatable bonds is 3. The largest absolute Gasteiger partial charge is 0.481 e. The van der Waals surface area contributed by atoms with Crippen molar-refractivity contribution < 1.29 is 9.90 Å². The topological polar surface area (TPSA) is 50.2 Å². The Bertz CT molecular complexity index is 581. The minimum atomic E-state index is -0.816. The average molecular weight is 250 g/mol. The maximum atomic E-state index is 10.5. The Morgan fingerprint density at radius 2 is 2.24 bits per heavy atom. The van der Waals surface area contributed by atoms with Gasteiger partial charge in [-0.25, -0.2) is 0 Å². The van der Waals surface area contributed by atoms with E-state index < -0.39 is 5.97 Å². The number of hydrogen-bond donors (Lipinski definition) is 1. The molecule has 4 heteroatoms. The zero-order valence-corrected chi connectivity index (χ0v) is 10.2. The molecular formula is C13H12ClNO2. The van der Waals surface area contributed by atoms with Crippen LogP contribution in [0.15, 0.2) is 24.3 Å². The summed E-state index contributed by atoms with van der Waals surface area (Å²) in [6.45, 7) is 1.98. The molecule has 0 saturated carbocycles. The zero-order chi connectivity index (χ0) is 12.4. The molecule has 2 aromatic rings. The summed E-state index contributed by atoms with van der Waals surface area (Å²) in [6.07, 6.45) is 0.514. The number of carbonyl (C=O) groups is 1. The van der Waals surface area contributed by atoms with Gasteiger partial charge in [0.25, 0.3) is 0 Å². The Labute approximate surface area is 104 Å². The van der Waals surface area contributed by atoms with Crippen LogP contribution in [-0.2, 0) is 11.2 Å². The summed E-state index contributed by atoms with van der Waals surface area (Å²) in [5, 5.41) is 10.3. The number of fused-ring (bicyclic) bond motifs is 1. The van der Waals surface area contributed by atoms with E-state index in [1.807, 2.05) is 25.1 Å². The lowest BCUT2D eigenvalue weighted by atomic mass is 10.1. The van der Waals surface area contributed by atoms with Crippen LogP contribution in [0.25, 0.3) is 10.9 Å². The fourth-order valence-corrected chi connectivity index (χ4v) is 2.03. The quantitative estimate of drug-likeness (QED) is 0.909. The molecule has 0 atom stereocenters. The lowest BCUT2D eigenvalue weighted by Crippen LogP contribution is -2.00. The van der Waals surface area contributed by atoms with Gasteiger partial charge in [0.1, 0.15) is 0 Å². The normalized spacial score (nSPS) is 10.7. The summed E-state index contributed by atoms with van der Waals surface area (Å²) in [5.74, 6) is -0.816. The third-order valence-electron chi connectivity index (χ3n) is 2.65. The van der Waals surface area contributed by atoms with Gasteiger partial charge in [-0.2, -0.15) is 0 Å². The number of para-hydroxylation sites is 1. The molecule has 2 rings (SSSR count). The van der Waals surface area contributed by atoms with Gasteiger partial charge >= 0.3 is 5.97 Å². The lowest BCUT2D eigenvalue weighted by Gasteiger charge is -2.06. The van der Waals surface area contributed by atoms with Gasteiger partial charge < -0.3 is 5.11 Å². The van der Waals surface area contributed by atoms with E-state index in [-0.39, 0.29) is 6.42 Å². The molecular weight excluding hydrogens is 238 g/mol. The molecule has 0 aliphatic rings. The van der Waals surface area contributed by atoms with E-state index >= 15 is 0 Å². The number of nitrogens with zero attached hydrogens (tertiary/aromatic N) is 1. The van der Waals surface area contributed by atoms with Crippen molar-refractivity contribution in [3.8, 4) is 0 Å². The second-order valence-electron chi connectivity index (χ2n) is 3.96. The number of hydrogen-bond acceptors (Lipinski definition) is 2. The molecule has 0 spiro atoms. The van der Waals surface area contributed by atoms with Crippen LogP contribution in [-0.4, -0.2) is 16.1 Å². The first-order valence-electron chi connectivity index (χ1n) is 5.34. The van der Waals surface area contributed by atoms with Crippen molar-refractivity contribution in [1.82, 2.24) is 4.98 Å². The number of aryl methyl sites for hydroxylation is 2. The van der Waals surface area contributed by atoms with Crippen molar-refractivity contribution in [3.05, 3.63) is 40.5 Å². The Morgan fingerprint density at radius 3 is 2.94 bits per heavy atom. The average Bonchev–Trinajstić information content (AvgIpc) is 2.28. The fourth-order valence-electron chi connectivity index (χ4n) is 1.81. The second-order valence-corrected chi connectivity index (χ2v) is 4.37. The number of carboxylic acid groups (broad SMARTS) is 1. The van der Waals surface area contributed by atoms with Gasteiger partial charge in [-0.05, 0) is 24.6 Å². The third kappa shape index (κ3) is 2.56. The standard InChI is InChI=1S/C13H12ClNO2/c1-8-7-9(5-6-12(16)17)15-13-10(8)3-2-4-11(13)14/h2-4,7H,5-6H2,1H3,(H,16,17). The first kappa shape index (κ1) is 11.9. The number of aromatic nitrogens is 1. The highest BCUT2D eigenvalue weighted by Gasteiger charge is 2.07. The summed E-state index contributed by atoms with van der Waals surface area (Å²) in [6, 6.07) is 7.56. The van der Waals surface area contributed by atoms with E-state index in [1.165, 1.54) is 0 Å². The monoisotopic (exact) mass is 249 g/mol. The van der Waals surface area contributed by atoms with Gasteiger partial charge in [0.2, 0.25) is 0 Å². The minimum absolute atomic E-state index is 0.0857. The summed E-state index contributed by atoms with van der Waals surface area (Å²) in [5.41, 5.74) is 2.58. The molecule has 0 aliphatic heterocycles. The summed E-state index contributed by atoms with van der Waals surface area (Å²) in [4.78, 5) is 14.9. The number of pyridine rings is 1. The highest BCUT2D eigenvalue weighted by atomic mass is 35.5. The fraction of sp³-hybridized carbons (Fsp3) is 0.231. The molecule has 1 heterocycles. The Kier molecular flexibility index (Phi) is 3.29. The molecule has 1 aromatic carbocycles. The SMILES string of the molecule is Cc1cc(CCC(=O)O)nc2c(Cl)cccc12. The second kappa shape index (κ2) is 4.72. The van der Waals surface area contributed by atoms with E-state index in [1.54, 1.807) is 6.07 Å². The van der Waals surface area contributed by atoms with Crippen LogP contribution in [0.5, 0.6) is 0 Å². The summed E-state index contributed by atoms with van der Waals surface area (Å²) in [7, 11) is 0. The van der Waals surface area contributed by atoms with Crippen molar-refractivity contribution in [2.75, 3.05) is 0 Å². The maximum Gasteiger partial charge on any atom is 0.303 e. The van der Waals surface area contributed by atoms with Gasteiger partial charge in [-0.1, -0.05) is 23.7 Å². The van der Waals surface area contributed by atoms with Gasteiger partial charge in [0.05, 0.1) is 17.0 Å². The Morgan fingerprint density at radius 1 is 1.47 bits per heavy atom. The van der Waals surface area contributed by atoms with E-state index in [0.717, 1.165) is 22.2 Å². The van der Waals surface area contributed by atoms with Gasteiger partial charge in [-0.15, -0.1) is 0 Å². The molecule has 1 N–H and O–H groups in total. The molecule has 88 valence electrons. The molecule has 1 aromatic heterocycles. The minimum Gasteiger partial charge on any atom is -0.481 e. The summed E-state index contributed by atoms with van der Waals surface area (Å²) >= 11 is 6.08. The van der Waals surface area contributed by atoms with Crippen LogP contribution < -0.4 is 0 Å². The highest BCUT2D eigenvalue weighted by Crippen LogP contribution is 2.24. The number of aliphatic carboxylic acids is 1. The number of carboxylic acids is 1. The number of halogens is 1. The first-order chi connectivity index (χ1) is 8.08. The van der Waals surface area contributed by atoms with Gasteiger partial charge in [0, 0.05) is 17.5 Å². The maximum absolute atomic E-state index is 10.5. The molecule has 0 amide bonds. The predicted molar refractivity (Wildman–Crippen MR) is 67.4 cm³/mol. The third-order valence-corrected chi connectivity index (χ3v) is 2.95. The zero-order valence-electron chi connectivity index (χ0n) is 9.40. The van der Waals surface area contributed by atoms with Crippen molar-refractivity contribution in [2.24, 2.45) is 0 Å². The number of benzene rings is 1. The predicted octanol–water partition coefficient (Wildman–Crippen LogP) is 3.21. The molecule has 0 unspecified atom stereocenters. The molecule has 17 heavy (non-hydrogen) atoms. The van der Waals surface area contributed by atoms with Crippen LogP contribution in [0.3, 0.4) is 0 Å². The van der Waals surface area contributed by atoms with Crippen molar-refractivity contribution in [3.63, 3.8) is 0 Å². The van der Waals surface area contributed by atoms with E-state index in [0.29, 0.717) is 11.4 Å². The van der Waals surface area contributed by atoms with Gasteiger partial charge in [-0.3, -0.25) is 9.78 Å². The molecule has 0 aliphatic carbocycles. The molecule has 3 nitrogen and oxygen atoms in total. The van der Waals surface area contributed by atoms with E-state index in [2.05, 4.69) is 4.98 Å². The Balaban J connectivity index is 2.46. The van der Waals surface area contributed by atoms with Crippen LogP contribution in [0.4, 0.5) is 0 Å². The van der Waals surface area contributed by atoms with Crippen molar-refractivity contribution >= 4 is 28.5 Å². The lowest BCUT2D eigenvalue weighted by molar-refractivity contribution is -0.136. The van der Waals surface area contributed by atoms with Crippen molar-refractivity contribution in [1.29, 1.82) is 0 Å². The smallest absolute Gasteiger partial charge is 0.303 e. The Hall–Kier alpha value is -1.61. The summed E-state index contributed by atoms with van der Waals surface area (Å²) < 4.78 is 0. The molecule has 0 bridgehead atoms. The van der Waals surface area contributed by atoms with Gasteiger partial charge in [0.15, 0.2) is 0 Å². The first-order valence-corrected chi connectivity index (χ1v) is 5.72. The van der Waals surface area contributed by atoms with Crippen LogP contribution in [0.2, 0.25) is 5.02 Å². The van der Waals surface area contributed by atoms with E-state index in [4.69, 9.17) is 16.7 Å². The van der Waals surface area contributed by atoms with E-state index in [9.17, 15) is 4.79 Å². The molecule has 0 saturated heterocycles. The van der Waals surface area contributed by atoms with Crippen molar-refractivity contribution in [2.45, 2.75) is 19.8 Å².